The maximum Gasteiger partial charge on any atom is 0.342 e. The highest BCUT2D eigenvalue weighted by molar-refractivity contribution is 7.79. The molecule has 1 saturated heterocycles. The molecular formula is C31H22N3O9S-. The van der Waals surface area contributed by atoms with Crippen molar-refractivity contribution in [1.29, 1.82) is 0 Å². The van der Waals surface area contributed by atoms with Gasteiger partial charge < -0.3 is 34.9 Å². The van der Waals surface area contributed by atoms with Crippen LogP contribution < -0.4 is 20.7 Å². The maximum atomic E-state index is 14.1. The number of esters is 1. The first kappa shape index (κ1) is 27.4. The van der Waals surface area contributed by atoms with E-state index in [1.54, 1.807) is 43.3 Å². The number of hydrogen-bond acceptors (Lipinski definition) is 10. The molecule has 1 spiro atoms. The predicted molar refractivity (Wildman–Crippen MR) is 154 cm³/mol. The van der Waals surface area contributed by atoms with Crippen molar-refractivity contribution in [2.45, 2.75) is 29.5 Å². The fourth-order valence-electron chi connectivity index (χ4n) is 6.06. The van der Waals surface area contributed by atoms with Crippen LogP contribution in [0.15, 0.2) is 77.7 Å². The summed E-state index contributed by atoms with van der Waals surface area (Å²) >= 11 is -2.55. The van der Waals surface area contributed by atoms with Crippen molar-refractivity contribution < 1.29 is 42.8 Å². The maximum absolute atomic E-state index is 14.1. The quantitative estimate of drug-likeness (QED) is 0.126. The average Bonchev–Trinajstić information content (AvgIpc) is 3.45. The number of amides is 3. The third kappa shape index (κ3) is 3.86. The van der Waals surface area contributed by atoms with E-state index in [1.165, 1.54) is 36.4 Å². The van der Waals surface area contributed by atoms with Gasteiger partial charge in [-0.25, -0.2) is 9.59 Å². The van der Waals surface area contributed by atoms with E-state index in [0.29, 0.717) is 27.8 Å². The van der Waals surface area contributed by atoms with E-state index in [9.17, 15) is 33.4 Å². The van der Waals surface area contributed by atoms with Crippen LogP contribution in [0.4, 0.5) is 10.5 Å². The minimum absolute atomic E-state index is 0.00277. The summed E-state index contributed by atoms with van der Waals surface area (Å²) in [6, 6.07) is 17.3. The van der Waals surface area contributed by atoms with Gasteiger partial charge >= 0.3 is 12.0 Å². The molecule has 4 aromatic carbocycles. The zero-order valence-corrected chi connectivity index (χ0v) is 23.6. The molecule has 222 valence electrons. The number of nitrogens with one attached hydrogen (secondary N) is 3. The Kier molecular flexibility index (Phi) is 5.96. The van der Waals surface area contributed by atoms with Crippen LogP contribution in [0, 0.1) is 0 Å². The van der Waals surface area contributed by atoms with Crippen molar-refractivity contribution >= 4 is 34.7 Å². The highest BCUT2D eigenvalue weighted by Gasteiger charge is 2.56. The Balaban J connectivity index is 1.54. The van der Waals surface area contributed by atoms with E-state index in [2.05, 4.69) is 16.0 Å². The van der Waals surface area contributed by atoms with Gasteiger partial charge in [0.15, 0.2) is 11.3 Å². The molecule has 3 aliphatic heterocycles. The summed E-state index contributed by atoms with van der Waals surface area (Å²) in [5.74, 6) is -1.30. The smallest absolute Gasteiger partial charge is 0.342 e. The standard InChI is InChI=1S/C31H23N3O9S/c1-2-30(28(38)32-29(39)34-30)33-26-19(15-4-3-5-18(12-15)44(40)41)8-11-22-25(26)27(37)43-31(22)20-9-6-16(35)13-23(20)42-24-14-17(36)7-10-21(24)31/h3-14,33,35-36H,2H2,1H3,(H,40,41)(H2,32,34,38,39)/p-1. The second kappa shape index (κ2) is 9.56. The lowest BCUT2D eigenvalue weighted by Gasteiger charge is -2.36. The fourth-order valence-corrected chi connectivity index (χ4v) is 6.47. The van der Waals surface area contributed by atoms with Crippen molar-refractivity contribution in [1.82, 2.24) is 10.6 Å². The first-order chi connectivity index (χ1) is 21.1. The van der Waals surface area contributed by atoms with Crippen LogP contribution in [-0.4, -0.2) is 42.5 Å². The average molecular weight is 613 g/mol. The molecule has 3 heterocycles. The molecule has 1 fully saturated rings. The molecule has 0 bridgehead atoms. The van der Waals surface area contributed by atoms with Crippen LogP contribution in [0.5, 0.6) is 23.0 Å². The molecule has 3 amide bonds. The summed E-state index contributed by atoms with van der Waals surface area (Å²) in [7, 11) is 0. The highest BCUT2D eigenvalue weighted by atomic mass is 32.2. The summed E-state index contributed by atoms with van der Waals surface area (Å²) in [6.07, 6.45) is 0.0799. The molecule has 0 aromatic heterocycles. The van der Waals surface area contributed by atoms with Gasteiger partial charge in [-0.05, 0) is 59.5 Å². The second-order valence-corrected chi connectivity index (χ2v) is 11.4. The second-order valence-electron chi connectivity index (χ2n) is 10.5. The van der Waals surface area contributed by atoms with Gasteiger partial charge in [0.2, 0.25) is 0 Å². The van der Waals surface area contributed by atoms with Crippen LogP contribution >= 0.6 is 0 Å². The van der Waals surface area contributed by atoms with E-state index in [1.807, 2.05) is 0 Å². The third-order valence-electron chi connectivity index (χ3n) is 8.09. The number of anilines is 1. The Morgan fingerprint density at radius 2 is 1.57 bits per heavy atom. The van der Waals surface area contributed by atoms with Crippen LogP contribution in [0.25, 0.3) is 11.1 Å². The first-order valence-electron chi connectivity index (χ1n) is 13.4. The zero-order valence-electron chi connectivity index (χ0n) is 22.8. The van der Waals surface area contributed by atoms with Gasteiger partial charge in [-0.3, -0.25) is 14.3 Å². The highest BCUT2D eigenvalue weighted by Crippen LogP contribution is 2.58. The summed E-state index contributed by atoms with van der Waals surface area (Å²) in [5.41, 5.74) is -1.23. The SMILES string of the molecule is CCC1(Nc2c(-c3cccc(S(=O)[O-])c3)ccc3c2C(=O)OC32c3ccc(O)cc3Oc3cc(O)ccc32)NC(=O)NC1=O. The molecule has 5 N–H and O–H groups in total. The number of fused-ring (bicyclic) bond motifs is 6. The molecule has 0 saturated carbocycles. The number of imide groups is 1. The topological polar surface area (TPSA) is 186 Å². The van der Waals surface area contributed by atoms with Crippen molar-refractivity contribution in [3.05, 3.63) is 95.1 Å². The largest absolute Gasteiger partial charge is 0.768 e. The van der Waals surface area contributed by atoms with Crippen LogP contribution in [0.3, 0.4) is 0 Å². The number of phenolic OH excluding ortho intramolecular Hbond substituents is 2. The minimum atomic E-state index is -2.55. The lowest BCUT2D eigenvalue weighted by molar-refractivity contribution is -0.123. The number of phenols is 2. The van der Waals surface area contributed by atoms with Gasteiger partial charge in [-0.2, -0.15) is 0 Å². The van der Waals surface area contributed by atoms with Crippen molar-refractivity contribution in [2.24, 2.45) is 0 Å². The van der Waals surface area contributed by atoms with Gasteiger partial charge in [0.05, 0.1) is 11.3 Å². The summed E-state index contributed by atoms with van der Waals surface area (Å²) < 4.78 is 35.9. The third-order valence-corrected chi connectivity index (χ3v) is 8.73. The van der Waals surface area contributed by atoms with Gasteiger partial charge in [0.25, 0.3) is 5.91 Å². The number of carbonyl (C=O) groups is 3. The molecule has 3 aliphatic rings. The van der Waals surface area contributed by atoms with E-state index in [0.717, 1.165) is 0 Å². The van der Waals surface area contributed by atoms with E-state index < -0.39 is 40.3 Å². The molecule has 44 heavy (non-hydrogen) atoms. The normalized spacial score (nSPS) is 19.6. The Morgan fingerprint density at radius 3 is 2.16 bits per heavy atom. The lowest BCUT2D eigenvalue weighted by atomic mass is 9.76. The number of ether oxygens (including phenoxy) is 2. The van der Waals surface area contributed by atoms with Gasteiger partial charge in [-0.1, -0.05) is 31.2 Å². The fraction of sp³-hybridized carbons (Fsp3) is 0.129. The minimum Gasteiger partial charge on any atom is -0.768 e. The number of aromatic hydroxyl groups is 2. The van der Waals surface area contributed by atoms with Crippen LogP contribution in [0.1, 0.15) is 40.4 Å². The van der Waals surface area contributed by atoms with Crippen molar-refractivity contribution in [3.63, 3.8) is 0 Å². The molecule has 12 nitrogen and oxygen atoms in total. The van der Waals surface area contributed by atoms with Gasteiger partial charge in [0, 0.05) is 39.3 Å². The number of hydrogen-bond donors (Lipinski definition) is 5. The first-order valence-corrected chi connectivity index (χ1v) is 14.5. The van der Waals surface area contributed by atoms with Crippen LogP contribution in [0.2, 0.25) is 0 Å². The monoisotopic (exact) mass is 612 g/mol. The van der Waals surface area contributed by atoms with Crippen molar-refractivity contribution in [3.8, 4) is 34.1 Å². The summed E-state index contributed by atoms with van der Waals surface area (Å²) in [6.45, 7) is 1.67. The lowest BCUT2D eigenvalue weighted by Crippen LogP contribution is -2.53. The number of carbonyl (C=O) groups excluding carboxylic acids is 3. The number of rotatable bonds is 5. The molecule has 4 aromatic rings. The Labute approximate surface area is 251 Å². The molecule has 0 aliphatic carbocycles. The summed E-state index contributed by atoms with van der Waals surface area (Å²) in [5, 5.41) is 28.4. The van der Waals surface area contributed by atoms with E-state index >= 15 is 0 Å². The van der Waals surface area contributed by atoms with Gasteiger partial charge in [-0.15, -0.1) is 0 Å². The predicted octanol–water partition coefficient (Wildman–Crippen LogP) is 3.93. The molecular weight excluding hydrogens is 590 g/mol. The number of benzene rings is 4. The molecule has 13 heteroatoms. The Morgan fingerprint density at radius 1 is 0.909 bits per heavy atom. The van der Waals surface area contributed by atoms with E-state index in [-0.39, 0.29) is 45.6 Å². The summed E-state index contributed by atoms with van der Waals surface area (Å²) in [4.78, 5) is 39.4. The Hall–Kier alpha value is -5.40. The van der Waals surface area contributed by atoms with Crippen molar-refractivity contribution in [2.75, 3.05) is 5.32 Å². The van der Waals surface area contributed by atoms with Gasteiger partial charge in [0.1, 0.15) is 23.0 Å². The molecule has 7 rings (SSSR count). The molecule has 0 radical (unpaired) electrons. The zero-order chi connectivity index (χ0) is 31.0. The number of urea groups is 1. The van der Waals surface area contributed by atoms with Crippen LogP contribution in [-0.2, 0) is 26.2 Å². The molecule has 2 unspecified atom stereocenters. The van der Waals surface area contributed by atoms with E-state index in [4.69, 9.17) is 9.47 Å². The Bertz CT molecular complexity index is 1930. The molecule has 2 atom stereocenters.